The molecular formula is C33H36N4O3. The highest BCUT2D eigenvalue weighted by Gasteiger charge is 2.34. The third-order valence-corrected chi connectivity index (χ3v) is 8.18. The summed E-state index contributed by atoms with van der Waals surface area (Å²) in [5, 5.41) is 14.4. The SMILES string of the molecule is O=C(C1CCC1)N(Cc1ccc(OCCn2nc(-c3ccc(O)cc3)nc2-c2ccccc2)cc1)C1CCCC1. The Kier molecular flexibility index (Phi) is 7.80. The second-order valence-electron chi connectivity index (χ2n) is 10.9. The van der Waals surface area contributed by atoms with Gasteiger partial charge in [-0.2, -0.15) is 5.10 Å². The van der Waals surface area contributed by atoms with Crippen LogP contribution in [0, 0.1) is 5.92 Å². The summed E-state index contributed by atoms with van der Waals surface area (Å²) in [7, 11) is 0. The van der Waals surface area contributed by atoms with Gasteiger partial charge in [0.05, 0.1) is 6.54 Å². The number of carbonyl (C=O) groups is 1. The zero-order chi connectivity index (χ0) is 27.3. The Morgan fingerprint density at radius 2 is 1.60 bits per heavy atom. The van der Waals surface area contributed by atoms with Crippen molar-refractivity contribution in [2.45, 2.75) is 64.1 Å². The van der Waals surface area contributed by atoms with E-state index in [-0.39, 0.29) is 11.7 Å². The Labute approximate surface area is 235 Å². The monoisotopic (exact) mass is 536 g/mol. The van der Waals surface area contributed by atoms with Crippen LogP contribution in [0.15, 0.2) is 78.9 Å². The molecule has 0 aliphatic heterocycles. The van der Waals surface area contributed by atoms with Crippen LogP contribution in [-0.4, -0.2) is 43.3 Å². The fourth-order valence-electron chi connectivity index (χ4n) is 5.66. The van der Waals surface area contributed by atoms with Gasteiger partial charge in [-0.15, -0.1) is 0 Å². The average Bonchev–Trinajstić information content (AvgIpc) is 3.63. The van der Waals surface area contributed by atoms with Gasteiger partial charge in [0.25, 0.3) is 0 Å². The summed E-state index contributed by atoms with van der Waals surface area (Å²) in [6.07, 6.45) is 7.97. The number of amides is 1. The van der Waals surface area contributed by atoms with Crippen LogP contribution >= 0.6 is 0 Å². The van der Waals surface area contributed by atoms with Crippen LogP contribution in [0.1, 0.15) is 50.5 Å². The van der Waals surface area contributed by atoms with Gasteiger partial charge in [-0.05, 0) is 67.6 Å². The molecule has 3 aromatic carbocycles. The van der Waals surface area contributed by atoms with E-state index < -0.39 is 0 Å². The van der Waals surface area contributed by atoms with Crippen molar-refractivity contribution in [3.63, 3.8) is 0 Å². The number of benzene rings is 3. The first-order chi connectivity index (χ1) is 19.6. The number of ether oxygens (including phenoxy) is 1. The molecule has 4 aromatic rings. The summed E-state index contributed by atoms with van der Waals surface area (Å²) < 4.78 is 7.97. The third kappa shape index (κ3) is 5.88. The summed E-state index contributed by atoms with van der Waals surface area (Å²) in [5.41, 5.74) is 2.97. The van der Waals surface area contributed by atoms with Crippen molar-refractivity contribution in [1.29, 1.82) is 0 Å². The highest BCUT2D eigenvalue weighted by molar-refractivity contribution is 5.80. The summed E-state index contributed by atoms with van der Waals surface area (Å²) in [5.74, 6) is 2.96. The fourth-order valence-corrected chi connectivity index (χ4v) is 5.66. The molecule has 0 spiro atoms. The first kappa shape index (κ1) is 26.1. The minimum absolute atomic E-state index is 0.210. The number of aromatic nitrogens is 3. The van der Waals surface area contributed by atoms with E-state index in [1.807, 2.05) is 59.3 Å². The van der Waals surface area contributed by atoms with Crippen LogP contribution < -0.4 is 4.74 Å². The summed E-state index contributed by atoms with van der Waals surface area (Å²) in [6, 6.07) is 25.4. The second-order valence-corrected chi connectivity index (χ2v) is 10.9. The van der Waals surface area contributed by atoms with Gasteiger partial charge < -0.3 is 14.7 Å². The van der Waals surface area contributed by atoms with Gasteiger partial charge in [-0.25, -0.2) is 9.67 Å². The second kappa shape index (κ2) is 11.9. The van der Waals surface area contributed by atoms with E-state index >= 15 is 0 Å². The number of rotatable bonds is 10. The number of phenols is 1. The van der Waals surface area contributed by atoms with E-state index in [0.717, 1.165) is 53.9 Å². The molecule has 2 aliphatic rings. The van der Waals surface area contributed by atoms with E-state index in [1.54, 1.807) is 12.1 Å². The number of phenolic OH excluding ortho intramolecular Hbond substituents is 1. The lowest BCUT2D eigenvalue weighted by molar-refractivity contribution is -0.141. The van der Waals surface area contributed by atoms with Gasteiger partial charge in [0, 0.05) is 29.6 Å². The van der Waals surface area contributed by atoms with Crippen LogP contribution in [0.3, 0.4) is 0 Å². The molecular weight excluding hydrogens is 500 g/mol. The largest absolute Gasteiger partial charge is 0.508 e. The number of aromatic hydroxyl groups is 1. The van der Waals surface area contributed by atoms with Gasteiger partial charge in [0.15, 0.2) is 11.6 Å². The van der Waals surface area contributed by atoms with Crippen LogP contribution in [-0.2, 0) is 17.9 Å². The molecule has 7 heteroatoms. The normalized spacial score (nSPS) is 15.6. The zero-order valence-electron chi connectivity index (χ0n) is 22.8. The number of nitrogens with zero attached hydrogens (tertiary/aromatic N) is 4. The maximum Gasteiger partial charge on any atom is 0.226 e. The van der Waals surface area contributed by atoms with E-state index in [2.05, 4.69) is 17.0 Å². The molecule has 1 amide bonds. The molecule has 1 aromatic heterocycles. The molecule has 0 unspecified atom stereocenters. The molecule has 0 bridgehead atoms. The van der Waals surface area contributed by atoms with E-state index in [9.17, 15) is 9.90 Å². The molecule has 6 rings (SSSR count). The highest BCUT2D eigenvalue weighted by atomic mass is 16.5. The van der Waals surface area contributed by atoms with E-state index in [1.165, 1.54) is 19.3 Å². The maximum atomic E-state index is 13.2. The van der Waals surface area contributed by atoms with Crippen molar-refractivity contribution >= 4 is 5.91 Å². The van der Waals surface area contributed by atoms with Crippen LogP contribution in [0.5, 0.6) is 11.5 Å². The molecule has 7 nitrogen and oxygen atoms in total. The Balaban J connectivity index is 1.11. The van der Waals surface area contributed by atoms with Crippen LogP contribution in [0.4, 0.5) is 0 Å². The Morgan fingerprint density at radius 3 is 2.27 bits per heavy atom. The van der Waals surface area contributed by atoms with Gasteiger partial charge in [-0.3, -0.25) is 4.79 Å². The van der Waals surface area contributed by atoms with Crippen molar-refractivity contribution in [1.82, 2.24) is 19.7 Å². The Morgan fingerprint density at radius 1 is 0.875 bits per heavy atom. The molecule has 2 fully saturated rings. The smallest absolute Gasteiger partial charge is 0.226 e. The van der Waals surface area contributed by atoms with Crippen molar-refractivity contribution in [2.24, 2.45) is 5.92 Å². The van der Waals surface area contributed by atoms with Crippen LogP contribution in [0.25, 0.3) is 22.8 Å². The number of hydrogen-bond acceptors (Lipinski definition) is 5. The molecule has 0 radical (unpaired) electrons. The zero-order valence-corrected chi connectivity index (χ0v) is 22.8. The minimum Gasteiger partial charge on any atom is -0.508 e. The standard InChI is InChI=1S/C33H36N4O3/c38-29-17-15-25(16-18-29)31-34-32(26-7-2-1-3-8-26)37(35-31)21-22-40-30-19-13-24(14-20-30)23-36(28-11-4-5-12-28)33(39)27-9-6-10-27/h1-3,7-8,13-20,27-28,38H,4-6,9-12,21-23H2. The van der Waals surface area contributed by atoms with Gasteiger partial charge in [0.2, 0.25) is 5.91 Å². The van der Waals surface area contributed by atoms with Crippen molar-refractivity contribution in [2.75, 3.05) is 6.61 Å². The van der Waals surface area contributed by atoms with Gasteiger partial charge >= 0.3 is 0 Å². The highest BCUT2D eigenvalue weighted by Crippen LogP contribution is 2.33. The quantitative estimate of drug-likeness (QED) is 0.251. The van der Waals surface area contributed by atoms with Crippen molar-refractivity contribution < 1.29 is 14.6 Å². The molecule has 1 N–H and O–H groups in total. The predicted molar refractivity (Wildman–Crippen MR) is 155 cm³/mol. The van der Waals surface area contributed by atoms with E-state index in [0.29, 0.717) is 37.5 Å². The van der Waals surface area contributed by atoms with Gasteiger partial charge in [-0.1, -0.05) is 61.7 Å². The molecule has 2 aliphatic carbocycles. The number of carbonyl (C=O) groups excluding carboxylic acids is 1. The molecule has 0 atom stereocenters. The fraction of sp³-hybridized carbons (Fsp3) is 0.364. The van der Waals surface area contributed by atoms with Crippen LogP contribution in [0.2, 0.25) is 0 Å². The minimum atomic E-state index is 0.210. The molecule has 2 saturated carbocycles. The van der Waals surface area contributed by atoms with Crippen molar-refractivity contribution in [3.05, 3.63) is 84.4 Å². The molecule has 1 heterocycles. The first-order valence-electron chi connectivity index (χ1n) is 14.5. The lowest BCUT2D eigenvalue weighted by atomic mass is 9.84. The topological polar surface area (TPSA) is 80.5 Å². The summed E-state index contributed by atoms with van der Waals surface area (Å²) >= 11 is 0. The predicted octanol–water partition coefficient (Wildman–Crippen LogP) is 6.47. The molecule has 40 heavy (non-hydrogen) atoms. The Bertz CT molecular complexity index is 1410. The molecule has 0 saturated heterocycles. The Hall–Kier alpha value is -4.13. The lowest BCUT2D eigenvalue weighted by Crippen LogP contribution is -2.43. The van der Waals surface area contributed by atoms with Crippen molar-refractivity contribution in [3.8, 4) is 34.3 Å². The van der Waals surface area contributed by atoms with Gasteiger partial charge in [0.1, 0.15) is 18.1 Å². The summed E-state index contributed by atoms with van der Waals surface area (Å²) in [6.45, 7) is 1.65. The number of hydrogen-bond donors (Lipinski definition) is 1. The average molecular weight is 537 g/mol. The summed E-state index contributed by atoms with van der Waals surface area (Å²) in [4.78, 5) is 20.1. The lowest BCUT2D eigenvalue weighted by Gasteiger charge is -2.35. The third-order valence-electron chi connectivity index (χ3n) is 8.18. The first-order valence-corrected chi connectivity index (χ1v) is 14.5. The molecule has 206 valence electrons. The maximum absolute atomic E-state index is 13.2. The van der Waals surface area contributed by atoms with E-state index in [4.69, 9.17) is 14.8 Å².